The van der Waals surface area contributed by atoms with E-state index in [2.05, 4.69) is 10.3 Å². The zero-order valence-electron chi connectivity index (χ0n) is 10.4. The van der Waals surface area contributed by atoms with Gasteiger partial charge in [0, 0.05) is 6.20 Å². The molecular weight excluding hydrogens is 262 g/mol. The Morgan fingerprint density at radius 3 is 2.63 bits per heavy atom. The van der Waals surface area contributed by atoms with Crippen molar-refractivity contribution in [3.05, 3.63) is 58.9 Å². The lowest BCUT2D eigenvalue weighted by molar-refractivity contribution is -0.117. The lowest BCUT2D eigenvalue weighted by Gasteiger charge is -2.14. The van der Waals surface area contributed by atoms with Crippen molar-refractivity contribution >= 4 is 23.2 Å². The molecule has 0 bridgehead atoms. The van der Waals surface area contributed by atoms with Crippen molar-refractivity contribution in [2.75, 3.05) is 5.32 Å². The van der Waals surface area contributed by atoms with Crippen LogP contribution in [0.3, 0.4) is 0 Å². The average molecular weight is 276 g/mol. The van der Waals surface area contributed by atoms with Crippen LogP contribution in [-0.4, -0.2) is 10.9 Å². The second-order valence-corrected chi connectivity index (χ2v) is 4.53. The standard InChI is InChI=1S/C14H14ClN3O/c1-9-7-8-17-13(15)12(9)18-14(19)11(16)10-5-3-2-4-6-10/h2-8,11H,16H2,1H3,(H,18,19). The first-order valence-corrected chi connectivity index (χ1v) is 6.20. The van der Waals surface area contributed by atoms with Gasteiger partial charge in [-0.1, -0.05) is 41.9 Å². The molecule has 19 heavy (non-hydrogen) atoms. The fourth-order valence-electron chi connectivity index (χ4n) is 1.69. The minimum absolute atomic E-state index is 0.258. The number of carbonyl (C=O) groups is 1. The number of nitrogens with one attached hydrogen (secondary N) is 1. The molecule has 1 unspecified atom stereocenters. The molecule has 0 spiro atoms. The summed E-state index contributed by atoms with van der Waals surface area (Å²) in [6, 6.07) is 10.2. The van der Waals surface area contributed by atoms with Crippen molar-refractivity contribution in [1.29, 1.82) is 0 Å². The molecule has 0 aliphatic carbocycles. The van der Waals surface area contributed by atoms with Crippen molar-refractivity contribution in [3.8, 4) is 0 Å². The Morgan fingerprint density at radius 1 is 1.32 bits per heavy atom. The summed E-state index contributed by atoms with van der Waals surface area (Å²) in [5.74, 6) is -0.316. The first-order chi connectivity index (χ1) is 9.09. The van der Waals surface area contributed by atoms with Crippen LogP contribution in [0.2, 0.25) is 5.15 Å². The number of hydrogen-bond acceptors (Lipinski definition) is 3. The molecular formula is C14H14ClN3O. The number of carbonyl (C=O) groups excluding carboxylic acids is 1. The zero-order chi connectivity index (χ0) is 13.8. The summed E-state index contributed by atoms with van der Waals surface area (Å²) in [5, 5.41) is 2.98. The van der Waals surface area contributed by atoms with Crippen molar-refractivity contribution in [2.45, 2.75) is 13.0 Å². The smallest absolute Gasteiger partial charge is 0.245 e. The number of benzene rings is 1. The molecule has 3 N–H and O–H groups in total. The van der Waals surface area contributed by atoms with Gasteiger partial charge in [-0.15, -0.1) is 0 Å². The average Bonchev–Trinajstić information content (AvgIpc) is 2.43. The van der Waals surface area contributed by atoms with Gasteiger partial charge < -0.3 is 11.1 Å². The number of nitrogens with zero attached hydrogens (tertiary/aromatic N) is 1. The predicted molar refractivity (Wildman–Crippen MR) is 76.0 cm³/mol. The van der Waals surface area contributed by atoms with Gasteiger partial charge >= 0.3 is 0 Å². The lowest BCUT2D eigenvalue weighted by Crippen LogP contribution is -2.28. The Morgan fingerprint density at radius 2 is 2.00 bits per heavy atom. The number of rotatable bonds is 3. The van der Waals surface area contributed by atoms with Crippen LogP contribution in [0.5, 0.6) is 0 Å². The molecule has 98 valence electrons. The third-order valence-corrected chi connectivity index (χ3v) is 3.09. The molecule has 0 saturated heterocycles. The molecule has 2 aromatic rings. The summed E-state index contributed by atoms with van der Waals surface area (Å²) >= 11 is 5.96. The van der Waals surface area contributed by atoms with Crippen LogP contribution < -0.4 is 11.1 Å². The molecule has 1 amide bonds. The highest BCUT2D eigenvalue weighted by atomic mass is 35.5. The second kappa shape index (κ2) is 5.82. The monoisotopic (exact) mass is 275 g/mol. The van der Waals surface area contributed by atoms with Crippen molar-refractivity contribution < 1.29 is 4.79 Å². The van der Waals surface area contributed by atoms with Gasteiger partial charge in [-0.2, -0.15) is 0 Å². The summed E-state index contributed by atoms with van der Waals surface area (Å²) in [5.41, 5.74) is 8.00. The number of nitrogens with two attached hydrogens (primary N) is 1. The van der Waals surface area contributed by atoms with Gasteiger partial charge in [-0.25, -0.2) is 4.98 Å². The van der Waals surface area contributed by atoms with E-state index in [4.69, 9.17) is 17.3 Å². The lowest BCUT2D eigenvalue weighted by atomic mass is 10.1. The molecule has 2 rings (SSSR count). The molecule has 0 radical (unpaired) electrons. The number of amides is 1. The van der Waals surface area contributed by atoms with E-state index in [1.165, 1.54) is 0 Å². The summed E-state index contributed by atoms with van der Waals surface area (Å²) in [6.07, 6.45) is 1.59. The quantitative estimate of drug-likeness (QED) is 0.846. The van der Waals surface area contributed by atoms with E-state index in [-0.39, 0.29) is 11.1 Å². The van der Waals surface area contributed by atoms with E-state index < -0.39 is 6.04 Å². The van der Waals surface area contributed by atoms with Gasteiger partial charge in [0.05, 0.1) is 5.69 Å². The van der Waals surface area contributed by atoms with Gasteiger partial charge in [0.15, 0.2) is 5.15 Å². The van der Waals surface area contributed by atoms with Crippen molar-refractivity contribution in [3.63, 3.8) is 0 Å². The fourth-order valence-corrected chi connectivity index (χ4v) is 1.94. The number of pyridine rings is 1. The van der Waals surface area contributed by atoms with Gasteiger partial charge in [-0.05, 0) is 24.1 Å². The number of aryl methyl sites for hydroxylation is 1. The molecule has 1 aromatic carbocycles. The summed E-state index contributed by atoms with van der Waals surface area (Å²) in [4.78, 5) is 16.0. The largest absolute Gasteiger partial charge is 0.322 e. The van der Waals surface area contributed by atoms with E-state index >= 15 is 0 Å². The molecule has 0 aliphatic rings. The predicted octanol–water partition coefficient (Wildman–Crippen LogP) is 2.68. The van der Waals surface area contributed by atoms with E-state index in [1.54, 1.807) is 12.3 Å². The summed E-state index contributed by atoms with van der Waals surface area (Å²) < 4.78 is 0. The Hall–Kier alpha value is -1.91. The topological polar surface area (TPSA) is 68.0 Å². The van der Waals surface area contributed by atoms with Crippen LogP contribution in [-0.2, 0) is 4.79 Å². The van der Waals surface area contributed by atoms with Gasteiger partial charge in [0.2, 0.25) is 5.91 Å². The highest BCUT2D eigenvalue weighted by Gasteiger charge is 2.17. The maximum Gasteiger partial charge on any atom is 0.245 e. The molecule has 0 fully saturated rings. The molecule has 1 heterocycles. The maximum absolute atomic E-state index is 12.1. The molecule has 4 nitrogen and oxygen atoms in total. The van der Waals surface area contributed by atoms with E-state index in [9.17, 15) is 4.79 Å². The van der Waals surface area contributed by atoms with Crippen molar-refractivity contribution in [1.82, 2.24) is 4.98 Å². The Labute approximate surface area is 116 Å². The van der Waals surface area contributed by atoms with Gasteiger partial charge in [0.1, 0.15) is 6.04 Å². The molecule has 5 heteroatoms. The first-order valence-electron chi connectivity index (χ1n) is 5.82. The highest BCUT2D eigenvalue weighted by molar-refractivity contribution is 6.32. The Kier molecular flexibility index (Phi) is 4.14. The molecule has 1 aromatic heterocycles. The van der Waals surface area contributed by atoms with Crippen LogP contribution >= 0.6 is 11.6 Å². The number of hydrogen-bond donors (Lipinski definition) is 2. The summed E-state index contributed by atoms with van der Waals surface area (Å²) in [6.45, 7) is 1.84. The maximum atomic E-state index is 12.1. The number of anilines is 1. The van der Waals surface area contributed by atoms with Gasteiger partial charge in [0.25, 0.3) is 0 Å². The van der Waals surface area contributed by atoms with E-state index in [1.807, 2.05) is 37.3 Å². The number of halogens is 1. The van der Waals surface area contributed by atoms with Crippen LogP contribution in [0.1, 0.15) is 17.2 Å². The Balaban J connectivity index is 2.18. The third kappa shape index (κ3) is 3.10. The molecule has 0 aliphatic heterocycles. The minimum atomic E-state index is -0.739. The van der Waals surface area contributed by atoms with E-state index in [0.717, 1.165) is 11.1 Å². The van der Waals surface area contributed by atoms with E-state index in [0.29, 0.717) is 5.69 Å². The third-order valence-electron chi connectivity index (χ3n) is 2.80. The van der Waals surface area contributed by atoms with Gasteiger partial charge in [-0.3, -0.25) is 4.79 Å². The Bertz CT molecular complexity index is 566. The molecule has 0 saturated carbocycles. The minimum Gasteiger partial charge on any atom is -0.322 e. The summed E-state index contributed by atoms with van der Waals surface area (Å²) in [7, 11) is 0. The number of aromatic nitrogens is 1. The van der Waals surface area contributed by atoms with Crippen LogP contribution in [0.4, 0.5) is 5.69 Å². The SMILES string of the molecule is Cc1ccnc(Cl)c1NC(=O)C(N)c1ccccc1. The van der Waals surface area contributed by atoms with Crippen LogP contribution in [0.25, 0.3) is 0 Å². The van der Waals surface area contributed by atoms with Crippen LogP contribution in [0.15, 0.2) is 42.6 Å². The fraction of sp³-hybridized carbons (Fsp3) is 0.143. The molecule has 1 atom stereocenters. The first kappa shape index (κ1) is 13.5. The van der Waals surface area contributed by atoms with Crippen molar-refractivity contribution in [2.24, 2.45) is 5.73 Å². The zero-order valence-corrected chi connectivity index (χ0v) is 11.2. The second-order valence-electron chi connectivity index (χ2n) is 4.17. The normalized spacial score (nSPS) is 11.9. The highest BCUT2D eigenvalue weighted by Crippen LogP contribution is 2.24. The van der Waals surface area contributed by atoms with Crippen LogP contribution in [0, 0.1) is 6.92 Å².